The molecule has 8 heteroatoms. The van der Waals surface area contributed by atoms with Crippen molar-refractivity contribution in [1.29, 1.82) is 0 Å². The highest BCUT2D eigenvalue weighted by atomic mass is 32.2. The molecular weight excluding hydrogens is 418 g/mol. The fourth-order valence-corrected chi connectivity index (χ4v) is 4.40. The molecule has 0 fully saturated rings. The van der Waals surface area contributed by atoms with Gasteiger partial charge in [0.05, 0.1) is 17.7 Å². The minimum absolute atomic E-state index is 0.203. The lowest BCUT2D eigenvalue weighted by atomic mass is 10.1. The molecular formula is C22H19N3O3S2. The summed E-state index contributed by atoms with van der Waals surface area (Å²) in [5.41, 5.74) is 2.48. The summed E-state index contributed by atoms with van der Waals surface area (Å²) in [4.78, 5) is 14.1. The average Bonchev–Trinajstić information content (AvgIpc) is 3.45. The first-order valence-electron chi connectivity index (χ1n) is 9.18. The third-order valence-electron chi connectivity index (χ3n) is 4.31. The van der Waals surface area contributed by atoms with E-state index in [2.05, 4.69) is 15.5 Å². The molecule has 1 amide bonds. The quantitative estimate of drug-likeness (QED) is 0.380. The molecule has 6 nitrogen and oxygen atoms in total. The molecule has 0 bridgehead atoms. The van der Waals surface area contributed by atoms with E-state index in [1.54, 1.807) is 7.11 Å². The summed E-state index contributed by atoms with van der Waals surface area (Å²) in [6.07, 6.45) is 0. The van der Waals surface area contributed by atoms with Crippen LogP contribution in [0.5, 0.6) is 5.75 Å². The van der Waals surface area contributed by atoms with Crippen molar-refractivity contribution >= 4 is 34.7 Å². The van der Waals surface area contributed by atoms with Gasteiger partial charge in [0.25, 0.3) is 11.1 Å². The molecule has 30 heavy (non-hydrogen) atoms. The van der Waals surface area contributed by atoms with Gasteiger partial charge >= 0.3 is 0 Å². The van der Waals surface area contributed by atoms with Gasteiger partial charge in [-0.05, 0) is 53.4 Å². The number of aromatic nitrogens is 2. The SMILES string of the molecule is COc1ccc(C)cc1NC(=O)[C@@H](Sc1nnc(-c2cccs2)o1)c1ccccc1. The van der Waals surface area contributed by atoms with Crippen molar-refractivity contribution < 1.29 is 13.9 Å². The summed E-state index contributed by atoms with van der Waals surface area (Å²) in [6, 6.07) is 19.0. The number of thioether (sulfide) groups is 1. The van der Waals surface area contributed by atoms with Crippen molar-refractivity contribution in [3.63, 3.8) is 0 Å². The van der Waals surface area contributed by atoms with Crippen molar-refractivity contribution in [3.05, 3.63) is 77.2 Å². The van der Waals surface area contributed by atoms with Crippen LogP contribution in [0.15, 0.2) is 75.7 Å². The number of anilines is 1. The van der Waals surface area contributed by atoms with Gasteiger partial charge in [-0.25, -0.2) is 0 Å². The standard InChI is InChI=1S/C22H19N3O3S2/c1-14-10-11-17(27-2)16(13-14)23-20(26)19(15-7-4-3-5-8-15)30-22-25-24-21(28-22)18-9-6-12-29-18/h3-13,19H,1-2H3,(H,23,26)/t19-/m0/s1. The third kappa shape index (κ3) is 4.55. The van der Waals surface area contributed by atoms with Crippen LogP contribution in [0.3, 0.4) is 0 Å². The molecule has 152 valence electrons. The second kappa shape index (κ2) is 9.15. The number of thiophene rings is 1. The molecule has 0 unspecified atom stereocenters. The summed E-state index contributed by atoms with van der Waals surface area (Å²) in [5, 5.41) is 12.9. The topological polar surface area (TPSA) is 77.2 Å². The Morgan fingerprint density at radius 2 is 1.97 bits per heavy atom. The third-order valence-corrected chi connectivity index (χ3v) is 6.26. The van der Waals surface area contributed by atoms with E-state index in [0.29, 0.717) is 22.6 Å². The highest BCUT2D eigenvalue weighted by molar-refractivity contribution is 8.00. The van der Waals surface area contributed by atoms with E-state index in [1.165, 1.54) is 23.1 Å². The molecule has 0 radical (unpaired) electrons. The smallest absolute Gasteiger partial charge is 0.278 e. The van der Waals surface area contributed by atoms with E-state index < -0.39 is 5.25 Å². The number of benzene rings is 2. The number of rotatable bonds is 7. The van der Waals surface area contributed by atoms with Crippen LogP contribution in [-0.2, 0) is 4.79 Å². The van der Waals surface area contributed by atoms with E-state index in [9.17, 15) is 4.79 Å². The molecule has 0 saturated heterocycles. The Morgan fingerprint density at radius 3 is 2.70 bits per heavy atom. The van der Waals surface area contributed by atoms with E-state index in [1.807, 2.05) is 73.0 Å². The van der Waals surface area contributed by atoms with Crippen LogP contribution >= 0.6 is 23.1 Å². The number of nitrogens with zero attached hydrogens (tertiary/aromatic N) is 2. The predicted octanol–water partition coefficient (Wildman–Crippen LogP) is 5.59. The minimum Gasteiger partial charge on any atom is -0.495 e. The van der Waals surface area contributed by atoms with Gasteiger partial charge in [-0.3, -0.25) is 4.79 Å². The predicted molar refractivity (Wildman–Crippen MR) is 119 cm³/mol. The Morgan fingerprint density at radius 1 is 1.13 bits per heavy atom. The Kier molecular flexibility index (Phi) is 6.15. The second-order valence-electron chi connectivity index (χ2n) is 6.45. The van der Waals surface area contributed by atoms with Crippen LogP contribution < -0.4 is 10.1 Å². The van der Waals surface area contributed by atoms with Crippen LogP contribution in [0, 0.1) is 6.92 Å². The van der Waals surface area contributed by atoms with Crippen molar-refractivity contribution in [1.82, 2.24) is 10.2 Å². The van der Waals surface area contributed by atoms with Crippen LogP contribution in [0.1, 0.15) is 16.4 Å². The first-order valence-corrected chi connectivity index (χ1v) is 10.9. The molecule has 4 aromatic rings. The normalized spacial score (nSPS) is 11.8. The van der Waals surface area contributed by atoms with Gasteiger partial charge in [0.1, 0.15) is 11.0 Å². The molecule has 2 aromatic carbocycles. The molecule has 0 aliphatic rings. The van der Waals surface area contributed by atoms with Crippen LogP contribution in [-0.4, -0.2) is 23.2 Å². The first kappa shape index (κ1) is 20.2. The fraction of sp³-hybridized carbons (Fsp3) is 0.136. The van der Waals surface area contributed by atoms with Crippen molar-refractivity contribution in [2.75, 3.05) is 12.4 Å². The van der Waals surface area contributed by atoms with Gasteiger partial charge in [-0.15, -0.1) is 21.5 Å². The number of carbonyl (C=O) groups is 1. The van der Waals surface area contributed by atoms with Crippen molar-refractivity contribution in [3.8, 4) is 16.5 Å². The maximum absolute atomic E-state index is 13.3. The summed E-state index contributed by atoms with van der Waals surface area (Å²) >= 11 is 2.74. The molecule has 4 rings (SSSR count). The largest absolute Gasteiger partial charge is 0.495 e. The molecule has 2 aromatic heterocycles. The summed E-state index contributed by atoms with van der Waals surface area (Å²) in [7, 11) is 1.58. The Balaban J connectivity index is 1.61. The lowest BCUT2D eigenvalue weighted by Gasteiger charge is -2.17. The van der Waals surface area contributed by atoms with Crippen LogP contribution in [0.25, 0.3) is 10.8 Å². The zero-order valence-electron chi connectivity index (χ0n) is 16.4. The number of ether oxygens (including phenoxy) is 1. The summed E-state index contributed by atoms with van der Waals surface area (Å²) in [5.74, 6) is 0.842. The van der Waals surface area contributed by atoms with Gasteiger partial charge < -0.3 is 14.5 Å². The van der Waals surface area contributed by atoms with Crippen LogP contribution in [0.2, 0.25) is 0 Å². The number of aryl methyl sites for hydroxylation is 1. The van der Waals surface area contributed by atoms with Gasteiger partial charge in [-0.1, -0.05) is 42.5 Å². The lowest BCUT2D eigenvalue weighted by molar-refractivity contribution is -0.115. The van der Waals surface area contributed by atoms with Gasteiger partial charge in [0.15, 0.2) is 0 Å². The number of carbonyl (C=O) groups excluding carboxylic acids is 1. The van der Waals surface area contributed by atoms with E-state index in [0.717, 1.165) is 16.0 Å². The molecule has 0 saturated carbocycles. The maximum Gasteiger partial charge on any atom is 0.278 e. The highest BCUT2D eigenvalue weighted by Crippen LogP contribution is 2.38. The van der Waals surface area contributed by atoms with Gasteiger partial charge in [0.2, 0.25) is 5.91 Å². The zero-order chi connectivity index (χ0) is 20.9. The Hall–Kier alpha value is -3.10. The summed E-state index contributed by atoms with van der Waals surface area (Å²) < 4.78 is 11.2. The number of hydrogen-bond donors (Lipinski definition) is 1. The molecule has 1 N–H and O–H groups in total. The zero-order valence-corrected chi connectivity index (χ0v) is 18.0. The maximum atomic E-state index is 13.3. The number of hydrogen-bond acceptors (Lipinski definition) is 7. The van der Waals surface area contributed by atoms with E-state index >= 15 is 0 Å². The van der Waals surface area contributed by atoms with Gasteiger partial charge in [-0.2, -0.15) is 0 Å². The second-order valence-corrected chi connectivity index (χ2v) is 8.46. The molecule has 1 atom stereocenters. The van der Waals surface area contributed by atoms with E-state index in [-0.39, 0.29) is 5.91 Å². The van der Waals surface area contributed by atoms with Crippen molar-refractivity contribution in [2.24, 2.45) is 0 Å². The Labute approximate surface area is 182 Å². The van der Waals surface area contributed by atoms with Crippen molar-refractivity contribution in [2.45, 2.75) is 17.4 Å². The molecule has 0 spiro atoms. The highest BCUT2D eigenvalue weighted by Gasteiger charge is 2.26. The Bertz CT molecular complexity index is 1130. The monoisotopic (exact) mass is 437 g/mol. The molecule has 0 aliphatic heterocycles. The van der Waals surface area contributed by atoms with E-state index in [4.69, 9.17) is 9.15 Å². The van der Waals surface area contributed by atoms with Crippen LogP contribution in [0.4, 0.5) is 5.69 Å². The number of amides is 1. The molecule has 2 heterocycles. The minimum atomic E-state index is -0.576. The molecule has 0 aliphatic carbocycles. The summed E-state index contributed by atoms with van der Waals surface area (Å²) in [6.45, 7) is 1.96. The number of nitrogens with one attached hydrogen (secondary N) is 1. The number of methoxy groups -OCH3 is 1. The fourth-order valence-electron chi connectivity index (χ4n) is 2.88. The van der Waals surface area contributed by atoms with Gasteiger partial charge in [0, 0.05) is 0 Å². The first-order chi connectivity index (χ1) is 14.6. The average molecular weight is 438 g/mol. The lowest BCUT2D eigenvalue weighted by Crippen LogP contribution is -2.19.